The summed E-state index contributed by atoms with van der Waals surface area (Å²) in [7, 11) is 0. The molecular formula is C8H7NY-2. The van der Waals surface area contributed by atoms with Crippen LogP contribution >= 0.6 is 0 Å². The normalized spacial score (nSPS) is 8.10. The van der Waals surface area contributed by atoms with Crippen molar-refractivity contribution < 1.29 is 32.7 Å². The predicted molar refractivity (Wildman–Crippen MR) is 36.6 cm³/mol. The summed E-state index contributed by atoms with van der Waals surface area (Å²) in [6.07, 6.45) is 3.20. The Bertz CT molecular complexity index is 220. The Morgan fingerprint density at radius 1 is 1.70 bits per heavy atom. The van der Waals surface area contributed by atoms with Gasteiger partial charge in [-0.25, -0.2) is 6.07 Å². The van der Waals surface area contributed by atoms with E-state index in [9.17, 15) is 0 Å². The van der Waals surface area contributed by atoms with Gasteiger partial charge >= 0.3 is 0 Å². The van der Waals surface area contributed by atoms with Gasteiger partial charge in [0.25, 0.3) is 0 Å². The molecule has 0 N–H and O–H groups in total. The number of hydrogen-bond donors (Lipinski definition) is 0. The van der Waals surface area contributed by atoms with E-state index in [1.54, 1.807) is 12.3 Å². The number of hydrogen-bond acceptors (Lipinski definition) is 1. The van der Waals surface area contributed by atoms with E-state index in [0.717, 1.165) is 11.3 Å². The first kappa shape index (κ1) is 9.99. The van der Waals surface area contributed by atoms with Crippen molar-refractivity contribution in [2.24, 2.45) is 0 Å². The van der Waals surface area contributed by atoms with Crippen molar-refractivity contribution in [3.63, 3.8) is 0 Å². The standard InChI is InChI=1S/C8H7N.Y/c1-3-8-5-4-6-9-7(8)2;/h1,3-4,6H,2H3;/q-2;. The Morgan fingerprint density at radius 3 is 2.80 bits per heavy atom. The molecular weight excluding hydrogens is 199 g/mol. The molecule has 1 heterocycles. The maximum absolute atomic E-state index is 5.25. The van der Waals surface area contributed by atoms with E-state index in [1.165, 1.54) is 6.08 Å². The van der Waals surface area contributed by atoms with E-state index in [0.29, 0.717) is 0 Å². The van der Waals surface area contributed by atoms with Crippen molar-refractivity contribution in [3.05, 3.63) is 36.2 Å². The average molecular weight is 206 g/mol. The molecule has 1 aromatic heterocycles. The minimum Gasteiger partial charge on any atom is -0.376 e. The van der Waals surface area contributed by atoms with Gasteiger partial charge in [0.15, 0.2) is 0 Å². The molecule has 1 aromatic rings. The topological polar surface area (TPSA) is 12.9 Å². The molecule has 1 radical (unpaired) electrons. The van der Waals surface area contributed by atoms with E-state index in [1.807, 2.05) is 6.92 Å². The van der Waals surface area contributed by atoms with Crippen LogP contribution in [0.4, 0.5) is 0 Å². The van der Waals surface area contributed by atoms with Crippen molar-refractivity contribution in [1.29, 1.82) is 0 Å². The third-order valence-electron chi connectivity index (χ3n) is 1.14. The maximum Gasteiger partial charge on any atom is 0 e. The zero-order valence-corrected chi connectivity index (χ0v) is 8.67. The second-order valence-electron chi connectivity index (χ2n) is 1.75. The number of aromatic nitrogens is 1. The molecule has 1 rings (SSSR count). The first-order valence-electron chi connectivity index (χ1n) is 2.73. The van der Waals surface area contributed by atoms with Crippen LogP contribution in [0.15, 0.2) is 12.3 Å². The monoisotopic (exact) mass is 206 g/mol. The van der Waals surface area contributed by atoms with Gasteiger partial charge in [-0.15, -0.1) is 11.8 Å². The van der Waals surface area contributed by atoms with Gasteiger partial charge in [-0.3, -0.25) is 5.56 Å². The molecule has 0 saturated carbocycles. The molecule has 0 atom stereocenters. The van der Waals surface area contributed by atoms with Crippen molar-refractivity contribution >= 4 is 6.08 Å². The van der Waals surface area contributed by atoms with E-state index >= 15 is 0 Å². The van der Waals surface area contributed by atoms with Crippen LogP contribution in [-0.2, 0) is 32.7 Å². The van der Waals surface area contributed by atoms with Crippen LogP contribution in [0.25, 0.3) is 6.08 Å². The van der Waals surface area contributed by atoms with E-state index in [4.69, 9.17) is 6.58 Å². The Labute approximate surface area is 86.4 Å². The van der Waals surface area contributed by atoms with Crippen LogP contribution in [0.3, 0.4) is 0 Å². The fourth-order valence-electron chi connectivity index (χ4n) is 0.619. The van der Waals surface area contributed by atoms with Crippen molar-refractivity contribution in [2.45, 2.75) is 6.92 Å². The van der Waals surface area contributed by atoms with Gasteiger partial charge in [0, 0.05) is 32.7 Å². The summed E-state index contributed by atoms with van der Waals surface area (Å²) in [6, 6.07) is 4.69. The van der Waals surface area contributed by atoms with Crippen molar-refractivity contribution in [2.75, 3.05) is 0 Å². The molecule has 1 nitrogen and oxygen atoms in total. The second kappa shape index (κ2) is 4.76. The molecule has 0 fully saturated rings. The van der Waals surface area contributed by atoms with Gasteiger partial charge in [-0.05, 0) is 0 Å². The molecule has 0 spiro atoms. The molecule has 0 aromatic carbocycles. The summed E-state index contributed by atoms with van der Waals surface area (Å²) in [6.45, 7) is 7.15. The Morgan fingerprint density at radius 2 is 2.40 bits per heavy atom. The van der Waals surface area contributed by atoms with Crippen LogP contribution in [0.1, 0.15) is 11.3 Å². The number of rotatable bonds is 1. The molecule has 0 bridgehead atoms. The van der Waals surface area contributed by atoms with Crippen LogP contribution in [0.5, 0.6) is 0 Å². The fourth-order valence-corrected chi connectivity index (χ4v) is 0.619. The Balaban J connectivity index is 0.000000810. The zero-order chi connectivity index (χ0) is 6.69. The largest absolute Gasteiger partial charge is 0.376 e. The summed E-state index contributed by atoms with van der Waals surface area (Å²) in [4.78, 5) is 4.01. The first-order chi connectivity index (χ1) is 4.34. The molecule has 0 aliphatic rings. The molecule has 0 aliphatic heterocycles. The molecule has 49 valence electrons. The second-order valence-corrected chi connectivity index (χ2v) is 1.75. The van der Waals surface area contributed by atoms with Gasteiger partial charge in [-0.1, -0.05) is 13.1 Å². The third-order valence-corrected chi connectivity index (χ3v) is 1.14. The summed E-state index contributed by atoms with van der Waals surface area (Å²) >= 11 is 0. The molecule has 0 saturated heterocycles. The van der Waals surface area contributed by atoms with E-state index < -0.39 is 0 Å². The third kappa shape index (κ3) is 2.32. The molecule has 0 aliphatic carbocycles. The van der Waals surface area contributed by atoms with Gasteiger partial charge in [-0.2, -0.15) is 0 Å². The minimum absolute atomic E-state index is 0. The minimum atomic E-state index is 0. The summed E-state index contributed by atoms with van der Waals surface area (Å²) in [5.74, 6) is 0. The quantitative estimate of drug-likeness (QED) is 0.636. The van der Waals surface area contributed by atoms with Gasteiger partial charge in [0.1, 0.15) is 0 Å². The number of aryl methyl sites for hydroxylation is 1. The summed E-state index contributed by atoms with van der Waals surface area (Å²) in [5.41, 5.74) is 1.79. The van der Waals surface area contributed by atoms with E-state index in [-0.39, 0.29) is 32.7 Å². The van der Waals surface area contributed by atoms with Gasteiger partial charge in [0.2, 0.25) is 0 Å². The van der Waals surface area contributed by atoms with Crippen molar-refractivity contribution in [1.82, 2.24) is 4.98 Å². The van der Waals surface area contributed by atoms with Crippen LogP contribution in [0.2, 0.25) is 0 Å². The smallest absolute Gasteiger partial charge is 0 e. The van der Waals surface area contributed by atoms with Crippen LogP contribution in [-0.4, -0.2) is 4.98 Å². The zero-order valence-electron chi connectivity index (χ0n) is 5.83. The van der Waals surface area contributed by atoms with Crippen LogP contribution < -0.4 is 0 Å². The molecule has 10 heavy (non-hydrogen) atoms. The molecule has 0 amide bonds. The first-order valence-corrected chi connectivity index (χ1v) is 2.73. The van der Waals surface area contributed by atoms with Gasteiger partial charge < -0.3 is 17.6 Å². The Kier molecular flexibility index (Phi) is 4.75. The Hall–Kier alpha value is -0.00610. The molecule has 0 unspecified atom stereocenters. The number of nitrogens with zero attached hydrogens (tertiary/aromatic N) is 1. The fraction of sp³-hybridized carbons (Fsp3) is 0.125. The molecule has 2 heteroatoms. The average Bonchev–Trinajstić information content (AvgIpc) is 1.89. The van der Waals surface area contributed by atoms with Gasteiger partial charge in [0.05, 0.1) is 0 Å². The summed E-state index contributed by atoms with van der Waals surface area (Å²) < 4.78 is 0. The maximum atomic E-state index is 5.25. The predicted octanol–water partition coefficient (Wildman–Crippen LogP) is 1.63. The van der Waals surface area contributed by atoms with Crippen LogP contribution in [0, 0.1) is 19.6 Å². The summed E-state index contributed by atoms with van der Waals surface area (Å²) in [5, 5.41) is 0. The van der Waals surface area contributed by atoms with Crippen molar-refractivity contribution in [3.8, 4) is 0 Å². The SMILES string of the molecule is [CH-]=Cc1[c-]ccnc1C.[Y]. The van der Waals surface area contributed by atoms with E-state index in [2.05, 4.69) is 11.1 Å². The number of pyridine rings is 1.